The van der Waals surface area contributed by atoms with Crippen molar-refractivity contribution in [3.8, 4) is 62.2 Å². The van der Waals surface area contributed by atoms with Gasteiger partial charge in [-0.2, -0.15) is 0 Å². The van der Waals surface area contributed by atoms with Gasteiger partial charge in [-0.3, -0.25) is 0 Å². The third-order valence-corrected chi connectivity index (χ3v) is 10.2. The number of phenols is 1. The van der Waals surface area contributed by atoms with Crippen molar-refractivity contribution in [3.05, 3.63) is 182 Å². The van der Waals surface area contributed by atoms with Crippen molar-refractivity contribution < 1.29 is 5.11 Å². The van der Waals surface area contributed by atoms with Gasteiger partial charge in [-0.25, -0.2) is 15.0 Å². The summed E-state index contributed by atoms with van der Waals surface area (Å²) in [6.07, 6.45) is 0. The molecule has 0 spiro atoms. The van der Waals surface area contributed by atoms with Crippen molar-refractivity contribution >= 4 is 43.1 Å². The minimum Gasteiger partial charge on any atom is -0.507 e. The number of rotatable bonds is 5. The van der Waals surface area contributed by atoms with Gasteiger partial charge in [0.05, 0.1) is 0 Å². The highest BCUT2D eigenvalue weighted by molar-refractivity contribution is 6.08. The van der Waals surface area contributed by atoms with Crippen LogP contribution in [0.2, 0.25) is 0 Å². The largest absolute Gasteiger partial charge is 0.507 e. The summed E-state index contributed by atoms with van der Waals surface area (Å²) < 4.78 is 0. The first-order valence-electron chi connectivity index (χ1n) is 17.7. The second-order valence-electron chi connectivity index (χ2n) is 13.4. The van der Waals surface area contributed by atoms with Crippen molar-refractivity contribution in [1.29, 1.82) is 0 Å². The molecule has 53 heavy (non-hydrogen) atoms. The molecule has 0 saturated heterocycles. The fourth-order valence-electron chi connectivity index (χ4n) is 7.58. The Hall–Kier alpha value is -7.17. The topological polar surface area (TPSA) is 58.9 Å². The molecule has 1 heterocycles. The first kappa shape index (κ1) is 30.6. The molecule has 0 aliphatic carbocycles. The van der Waals surface area contributed by atoms with Crippen LogP contribution in [0.5, 0.6) is 5.75 Å². The second-order valence-corrected chi connectivity index (χ2v) is 13.4. The van der Waals surface area contributed by atoms with Gasteiger partial charge in [0, 0.05) is 22.3 Å². The summed E-state index contributed by atoms with van der Waals surface area (Å²) >= 11 is 0. The monoisotopic (exact) mass is 677 g/mol. The lowest BCUT2D eigenvalue weighted by Gasteiger charge is -2.15. The van der Waals surface area contributed by atoms with E-state index in [1.807, 2.05) is 36.4 Å². The Kier molecular flexibility index (Phi) is 7.26. The van der Waals surface area contributed by atoms with Crippen LogP contribution in [-0.4, -0.2) is 20.1 Å². The third-order valence-electron chi connectivity index (χ3n) is 10.2. The molecule has 4 heteroatoms. The van der Waals surface area contributed by atoms with Crippen molar-refractivity contribution in [2.75, 3.05) is 0 Å². The minimum absolute atomic E-state index is 0.157. The number of nitrogens with zero attached hydrogens (tertiary/aromatic N) is 3. The normalized spacial score (nSPS) is 11.5. The Morgan fingerprint density at radius 1 is 0.302 bits per heavy atom. The van der Waals surface area contributed by atoms with E-state index in [9.17, 15) is 5.11 Å². The SMILES string of the molecule is Oc1cccc(-c2nc(-c3ccc4ccccc4c3)nc(-c3ccc4c(ccc5ccccc54)c3)n2)c1-c1cccc(-c2cccc3ccccc23)c1. The van der Waals surface area contributed by atoms with Crippen LogP contribution in [0.1, 0.15) is 0 Å². The van der Waals surface area contributed by atoms with E-state index in [0.717, 1.165) is 49.5 Å². The number of phenolic OH excluding ortho intramolecular Hbond substituents is 1. The van der Waals surface area contributed by atoms with Crippen molar-refractivity contribution in [3.63, 3.8) is 0 Å². The predicted octanol–water partition coefficient (Wildman–Crippen LogP) is 12.5. The number of hydrogen-bond donors (Lipinski definition) is 1. The van der Waals surface area contributed by atoms with Crippen molar-refractivity contribution in [2.45, 2.75) is 0 Å². The molecule has 1 N–H and O–H groups in total. The molecule has 0 saturated carbocycles. The van der Waals surface area contributed by atoms with Crippen LogP contribution in [0, 0.1) is 0 Å². The predicted molar refractivity (Wildman–Crippen MR) is 219 cm³/mol. The Balaban J connectivity index is 1.17. The summed E-state index contributed by atoms with van der Waals surface area (Å²) in [5.41, 5.74) is 6.23. The van der Waals surface area contributed by atoms with Crippen molar-refractivity contribution in [1.82, 2.24) is 15.0 Å². The smallest absolute Gasteiger partial charge is 0.164 e. The first-order chi connectivity index (χ1) is 26.2. The molecule has 0 aliphatic heterocycles. The lowest BCUT2D eigenvalue weighted by molar-refractivity contribution is 0.477. The summed E-state index contributed by atoms with van der Waals surface area (Å²) in [7, 11) is 0. The average Bonchev–Trinajstić information content (AvgIpc) is 3.22. The Bertz CT molecular complexity index is 3030. The fraction of sp³-hybridized carbons (Fsp3) is 0. The maximum absolute atomic E-state index is 11.6. The quantitative estimate of drug-likeness (QED) is 0.184. The maximum Gasteiger partial charge on any atom is 0.164 e. The summed E-state index contributed by atoms with van der Waals surface area (Å²) in [6, 6.07) is 62.4. The van der Waals surface area contributed by atoms with Gasteiger partial charge >= 0.3 is 0 Å². The van der Waals surface area contributed by atoms with Gasteiger partial charge in [0.25, 0.3) is 0 Å². The van der Waals surface area contributed by atoms with Crippen LogP contribution >= 0.6 is 0 Å². The standard InChI is InChI=1S/C49H31N3O/c53-45-21-9-20-44(46(45)37-16-7-15-35(29-37)42-19-8-14-32-11-3-5-17-40(32)42)49-51-47(38-25-22-31-10-1-2-13-34(31)28-38)50-48(52-49)39-26-27-43-36(30-39)24-23-33-12-4-6-18-41(33)43/h1-30,53H. The van der Waals surface area contributed by atoms with E-state index in [2.05, 4.69) is 140 Å². The molecule has 10 rings (SSSR count). The van der Waals surface area contributed by atoms with E-state index >= 15 is 0 Å². The zero-order valence-electron chi connectivity index (χ0n) is 28.6. The van der Waals surface area contributed by atoms with Gasteiger partial charge in [0.1, 0.15) is 5.75 Å². The van der Waals surface area contributed by atoms with Gasteiger partial charge in [-0.05, 0) is 84.0 Å². The summed E-state index contributed by atoms with van der Waals surface area (Å²) in [6.45, 7) is 0. The van der Waals surface area contributed by atoms with E-state index in [-0.39, 0.29) is 5.75 Å². The zero-order chi connectivity index (χ0) is 35.3. The molecule has 0 fully saturated rings. The number of aromatic hydroxyl groups is 1. The van der Waals surface area contributed by atoms with Crippen LogP contribution in [-0.2, 0) is 0 Å². The van der Waals surface area contributed by atoms with E-state index in [0.29, 0.717) is 23.0 Å². The van der Waals surface area contributed by atoms with Crippen LogP contribution in [0.3, 0.4) is 0 Å². The summed E-state index contributed by atoms with van der Waals surface area (Å²) in [5.74, 6) is 1.77. The van der Waals surface area contributed by atoms with Crippen LogP contribution in [0.4, 0.5) is 0 Å². The first-order valence-corrected chi connectivity index (χ1v) is 17.7. The number of aromatic nitrogens is 3. The number of fused-ring (bicyclic) bond motifs is 5. The van der Waals surface area contributed by atoms with Crippen LogP contribution in [0.15, 0.2) is 182 Å². The van der Waals surface area contributed by atoms with Gasteiger partial charge < -0.3 is 5.11 Å². The van der Waals surface area contributed by atoms with Gasteiger partial charge in [0.2, 0.25) is 0 Å². The van der Waals surface area contributed by atoms with Gasteiger partial charge in [0.15, 0.2) is 17.5 Å². The molecular weight excluding hydrogens is 647 g/mol. The molecule has 248 valence electrons. The van der Waals surface area contributed by atoms with E-state index in [1.54, 1.807) is 6.07 Å². The van der Waals surface area contributed by atoms with Gasteiger partial charge in [-0.15, -0.1) is 0 Å². The maximum atomic E-state index is 11.6. The highest BCUT2D eigenvalue weighted by Gasteiger charge is 2.19. The highest BCUT2D eigenvalue weighted by atomic mass is 16.3. The molecule has 1 aromatic heterocycles. The minimum atomic E-state index is 0.157. The Labute approximate surface area is 306 Å². The van der Waals surface area contributed by atoms with Gasteiger partial charge in [-0.1, -0.05) is 158 Å². The molecule has 0 unspecified atom stereocenters. The molecule has 0 atom stereocenters. The molecule has 9 aromatic carbocycles. The fourth-order valence-corrected chi connectivity index (χ4v) is 7.58. The molecule has 0 radical (unpaired) electrons. The molecule has 0 aliphatic rings. The molecule has 0 amide bonds. The van der Waals surface area contributed by atoms with Crippen LogP contribution < -0.4 is 0 Å². The highest BCUT2D eigenvalue weighted by Crippen LogP contribution is 2.41. The van der Waals surface area contributed by atoms with E-state index in [4.69, 9.17) is 15.0 Å². The zero-order valence-corrected chi connectivity index (χ0v) is 28.6. The molecule has 0 bridgehead atoms. The number of hydrogen-bond acceptors (Lipinski definition) is 4. The lowest BCUT2D eigenvalue weighted by Crippen LogP contribution is -2.01. The Morgan fingerprint density at radius 3 is 1.66 bits per heavy atom. The van der Waals surface area contributed by atoms with Crippen LogP contribution in [0.25, 0.3) is 99.5 Å². The molecule has 10 aromatic rings. The molecule has 4 nitrogen and oxygen atoms in total. The van der Waals surface area contributed by atoms with Crippen molar-refractivity contribution in [2.24, 2.45) is 0 Å². The summed E-state index contributed by atoms with van der Waals surface area (Å²) in [5, 5.41) is 20.9. The Morgan fingerprint density at radius 2 is 0.830 bits per heavy atom. The third kappa shape index (κ3) is 5.45. The summed E-state index contributed by atoms with van der Waals surface area (Å²) in [4.78, 5) is 15.4. The van der Waals surface area contributed by atoms with E-state index in [1.165, 1.54) is 26.9 Å². The average molecular weight is 678 g/mol. The second kappa shape index (κ2) is 12.6. The lowest BCUT2D eigenvalue weighted by atomic mass is 9.93. The molecular formula is C49H31N3O. The number of benzene rings is 9. The van der Waals surface area contributed by atoms with E-state index < -0.39 is 0 Å².